The lowest BCUT2D eigenvalue weighted by atomic mass is 10.2. The summed E-state index contributed by atoms with van der Waals surface area (Å²) in [4.78, 5) is 0. The van der Waals surface area contributed by atoms with Gasteiger partial charge in [0.05, 0.1) is 11.0 Å². The Balaban J connectivity index is 2.05. The molecule has 1 aliphatic heterocycles. The van der Waals surface area contributed by atoms with E-state index >= 15 is 0 Å². The van der Waals surface area contributed by atoms with Gasteiger partial charge >= 0.3 is 0 Å². The fourth-order valence-electron chi connectivity index (χ4n) is 1.85. The molecule has 0 aromatic carbocycles. The summed E-state index contributed by atoms with van der Waals surface area (Å²) in [5.74, 6) is 0.378. The quantitative estimate of drug-likeness (QED) is 0.656. The molecule has 1 unspecified atom stereocenters. The number of rotatable bonds is 7. The fraction of sp³-hybridized carbons (Fsp3) is 1.00. The predicted molar refractivity (Wildman–Crippen MR) is 60.8 cm³/mol. The minimum absolute atomic E-state index is 0.139. The molecule has 0 radical (unpaired) electrons. The average Bonchev–Trinajstić information content (AvgIpc) is 2.52. The van der Waals surface area contributed by atoms with Crippen molar-refractivity contribution in [3.63, 3.8) is 0 Å². The zero-order valence-corrected chi connectivity index (χ0v) is 10.2. The Kier molecular flexibility index (Phi) is 5.56. The molecule has 0 amide bonds. The Morgan fingerprint density at radius 1 is 1.40 bits per heavy atom. The fourth-order valence-corrected chi connectivity index (χ4v) is 3.65. The number of nitrogens with one attached hydrogen (secondary N) is 1. The van der Waals surface area contributed by atoms with Crippen LogP contribution in [0.5, 0.6) is 0 Å². The lowest BCUT2D eigenvalue weighted by Gasteiger charge is -2.10. The number of hydrogen-bond acceptors (Lipinski definition) is 4. The number of sulfone groups is 1. The van der Waals surface area contributed by atoms with Crippen LogP contribution in [0.3, 0.4) is 0 Å². The molecule has 1 heterocycles. The van der Waals surface area contributed by atoms with Crippen molar-refractivity contribution in [2.75, 3.05) is 32.6 Å². The molecule has 1 N–H and O–H groups in total. The Bertz CT molecular complexity index is 264. The van der Waals surface area contributed by atoms with Crippen LogP contribution in [0.1, 0.15) is 25.7 Å². The summed E-state index contributed by atoms with van der Waals surface area (Å²) in [5.41, 5.74) is 0. The van der Waals surface area contributed by atoms with Crippen LogP contribution in [0.25, 0.3) is 0 Å². The second-order valence-electron chi connectivity index (χ2n) is 4.04. The van der Waals surface area contributed by atoms with Gasteiger partial charge in [0.2, 0.25) is 0 Å². The van der Waals surface area contributed by atoms with Gasteiger partial charge in [-0.3, -0.25) is 0 Å². The molecule has 1 aliphatic rings. The van der Waals surface area contributed by atoms with E-state index in [2.05, 4.69) is 5.32 Å². The summed E-state index contributed by atoms with van der Waals surface area (Å²) in [7, 11) is -1.08. The SMILES string of the molecule is COCCCCNCC1CCCS1(=O)=O. The highest BCUT2D eigenvalue weighted by atomic mass is 32.2. The van der Waals surface area contributed by atoms with E-state index in [-0.39, 0.29) is 5.25 Å². The van der Waals surface area contributed by atoms with Crippen LogP contribution in [-0.2, 0) is 14.6 Å². The van der Waals surface area contributed by atoms with E-state index < -0.39 is 9.84 Å². The topological polar surface area (TPSA) is 55.4 Å². The van der Waals surface area contributed by atoms with Crippen molar-refractivity contribution in [2.24, 2.45) is 0 Å². The lowest BCUT2D eigenvalue weighted by molar-refractivity contribution is 0.192. The van der Waals surface area contributed by atoms with Gasteiger partial charge in [-0.2, -0.15) is 0 Å². The van der Waals surface area contributed by atoms with Crippen LogP contribution in [0.4, 0.5) is 0 Å². The van der Waals surface area contributed by atoms with Gasteiger partial charge in [-0.15, -0.1) is 0 Å². The van der Waals surface area contributed by atoms with Gasteiger partial charge in [0.25, 0.3) is 0 Å². The van der Waals surface area contributed by atoms with Crippen molar-refractivity contribution in [3.8, 4) is 0 Å². The van der Waals surface area contributed by atoms with E-state index in [1.807, 2.05) is 0 Å². The third kappa shape index (κ3) is 4.49. The minimum atomic E-state index is -2.77. The zero-order chi connectivity index (χ0) is 11.1. The highest BCUT2D eigenvalue weighted by molar-refractivity contribution is 7.92. The van der Waals surface area contributed by atoms with Crippen LogP contribution in [0.15, 0.2) is 0 Å². The van der Waals surface area contributed by atoms with Crippen molar-refractivity contribution in [1.29, 1.82) is 0 Å². The van der Waals surface area contributed by atoms with Gasteiger partial charge in [-0.25, -0.2) is 8.42 Å². The van der Waals surface area contributed by atoms with Crippen LogP contribution >= 0.6 is 0 Å². The van der Waals surface area contributed by atoms with Crippen LogP contribution in [0.2, 0.25) is 0 Å². The number of hydrogen-bond donors (Lipinski definition) is 1. The molecule has 0 saturated carbocycles. The first-order valence-corrected chi connectivity index (χ1v) is 7.29. The highest BCUT2D eigenvalue weighted by Crippen LogP contribution is 2.18. The van der Waals surface area contributed by atoms with Crippen molar-refractivity contribution >= 4 is 9.84 Å². The minimum Gasteiger partial charge on any atom is -0.385 e. The summed E-state index contributed by atoms with van der Waals surface area (Å²) >= 11 is 0. The first-order chi connectivity index (χ1) is 7.17. The maximum atomic E-state index is 11.5. The Morgan fingerprint density at radius 3 is 2.80 bits per heavy atom. The zero-order valence-electron chi connectivity index (χ0n) is 9.37. The van der Waals surface area contributed by atoms with Gasteiger partial charge < -0.3 is 10.1 Å². The number of unbranched alkanes of at least 4 members (excludes halogenated alkanes) is 1. The van der Waals surface area contributed by atoms with E-state index in [4.69, 9.17) is 4.74 Å². The number of methoxy groups -OCH3 is 1. The molecule has 1 rings (SSSR count). The van der Waals surface area contributed by atoms with Gasteiger partial charge in [-0.1, -0.05) is 0 Å². The third-order valence-electron chi connectivity index (χ3n) is 2.79. The molecular weight excluding hydrogens is 214 g/mol. The van der Waals surface area contributed by atoms with E-state index in [9.17, 15) is 8.42 Å². The summed E-state index contributed by atoms with van der Waals surface area (Å²) < 4.78 is 27.9. The van der Waals surface area contributed by atoms with Crippen molar-refractivity contribution < 1.29 is 13.2 Å². The molecule has 1 fully saturated rings. The maximum Gasteiger partial charge on any atom is 0.154 e. The van der Waals surface area contributed by atoms with Gasteiger partial charge in [0, 0.05) is 20.3 Å². The molecular formula is C10H21NO3S. The van der Waals surface area contributed by atoms with Gasteiger partial charge in [0.1, 0.15) is 0 Å². The summed E-state index contributed by atoms with van der Waals surface area (Å²) in [5, 5.41) is 3.07. The molecule has 1 saturated heterocycles. The Hall–Kier alpha value is -0.130. The largest absolute Gasteiger partial charge is 0.385 e. The molecule has 1 atom stereocenters. The van der Waals surface area contributed by atoms with Crippen molar-refractivity contribution in [1.82, 2.24) is 5.32 Å². The standard InChI is InChI=1S/C10H21NO3S/c1-14-7-3-2-6-11-9-10-5-4-8-15(10,12)13/h10-11H,2-9H2,1H3. The average molecular weight is 235 g/mol. The van der Waals surface area contributed by atoms with Crippen molar-refractivity contribution in [2.45, 2.75) is 30.9 Å². The molecule has 0 aromatic rings. The monoisotopic (exact) mass is 235 g/mol. The first-order valence-electron chi connectivity index (χ1n) is 5.58. The summed E-state index contributed by atoms with van der Waals surface area (Å²) in [6, 6.07) is 0. The van der Waals surface area contributed by atoms with Crippen molar-refractivity contribution in [3.05, 3.63) is 0 Å². The molecule has 0 aliphatic carbocycles. The molecule has 15 heavy (non-hydrogen) atoms. The summed E-state index contributed by atoms with van der Waals surface area (Å²) in [6.45, 7) is 2.29. The predicted octanol–water partition coefficient (Wildman–Crippen LogP) is 0.580. The molecule has 0 bridgehead atoms. The molecule has 90 valence electrons. The van der Waals surface area contributed by atoms with Gasteiger partial charge in [-0.05, 0) is 32.2 Å². The third-order valence-corrected chi connectivity index (χ3v) is 5.06. The highest BCUT2D eigenvalue weighted by Gasteiger charge is 2.30. The van der Waals surface area contributed by atoms with Crippen LogP contribution in [0, 0.1) is 0 Å². The van der Waals surface area contributed by atoms with Crippen LogP contribution in [-0.4, -0.2) is 46.2 Å². The Labute approximate surface area is 92.3 Å². The molecule has 0 aromatic heterocycles. The second-order valence-corrected chi connectivity index (χ2v) is 6.44. The first kappa shape index (κ1) is 12.9. The molecule has 0 spiro atoms. The van der Waals surface area contributed by atoms with Crippen LogP contribution < -0.4 is 5.32 Å². The van der Waals surface area contributed by atoms with E-state index in [0.29, 0.717) is 12.3 Å². The number of ether oxygens (including phenoxy) is 1. The second kappa shape index (κ2) is 6.45. The Morgan fingerprint density at radius 2 is 2.20 bits per heavy atom. The smallest absolute Gasteiger partial charge is 0.154 e. The summed E-state index contributed by atoms with van der Waals surface area (Å²) in [6.07, 6.45) is 3.73. The van der Waals surface area contributed by atoms with Gasteiger partial charge in [0.15, 0.2) is 9.84 Å². The van der Waals surface area contributed by atoms with E-state index in [0.717, 1.165) is 38.8 Å². The van der Waals surface area contributed by atoms with E-state index in [1.165, 1.54) is 0 Å². The maximum absolute atomic E-state index is 11.5. The molecule has 4 nitrogen and oxygen atoms in total. The lowest BCUT2D eigenvalue weighted by Crippen LogP contribution is -2.31. The van der Waals surface area contributed by atoms with E-state index in [1.54, 1.807) is 7.11 Å². The molecule has 5 heteroatoms. The normalized spacial score (nSPS) is 24.5.